The van der Waals surface area contributed by atoms with Crippen molar-refractivity contribution in [3.63, 3.8) is 0 Å². The summed E-state index contributed by atoms with van der Waals surface area (Å²) in [6.07, 6.45) is 0.256. The number of carbonyl (C=O) groups excluding carboxylic acids is 2. The number of fused-ring (bicyclic) bond motifs is 1. The highest BCUT2D eigenvalue weighted by molar-refractivity contribution is 7.14. The number of ether oxygens (including phenoxy) is 1. The molecule has 152 valence electrons. The van der Waals surface area contributed by atoms with Crippen LogP contribution in [0.5, 0.6) is 0 Å². The van der Waals surface area contributed by atoms with Crippen molar-refractivity contribution in [2.24, 2.45) is 0 Å². The Bertz CT molecular complexity index is 1250. The van der Waals surface area contributed by atoms with Crippen LogP contribution in [0.4, 0.5) is 5.13 Å². The molecule has 4 aromatic rings. The predicted octanol–water partition coefficient (Wildman–Crippen LogP) is 5.44. The van der Waals surface area contributed by atoms with Gasteiger partial charge in [-0.05, 0) is 43.3 Å². The number of amides is 1. The van der Waals surface area contributed by atoms with Crippen molar-refractivity contribution in [3.8, 4) is 11.3 Å². The molecule has 0 saturated carbocycles. The molecule has 0 aliphatic rings. The number of rotatable bonds is 5. The highest BCUT2D eigenvalue weighted by atomic mass is 35.5. The number of thiazole rings is 1. The molecule has 2 aromatic heterocycles. The summed E-state index contributed by atoms with van der Waals surface area (Å²) in [6.45, 7) is 1.48. The Balaban J connectivity index is 1.41. The maximum absolute atomic E-state index is 12.4. The number of aromatic nitrogens is 2. The number of esters is 1. The first-order valence-electron chi connectivity index (χ1n) is 8.67. The van der Waals surface area contributed by atoms with Gasteiger partial charge in [-0.3, -0.25) is 10.1 Å². The van der Waals surface area contributed by atoms with Gasteiger partial charge in [0.05, 0.1) is 16.3 Å². The number of nitrogens with one attached hydrogen (secondary N) is 1. The Morgan fingerprint density at radius 3 is 2.83 bits per heavy atom. The van der Waals surface area contributed by atoms with Crippen molar-refractivity contribution in [1.29, 1.82) is 0 Å². The lowest BCUT2D eigenvalue weighted by Gasteiger charge is -2.12. The van der Waals surface area contributed by atoms with Crippen LogP contribution < -0.4 is 5.32 Å². The zero-order chi connectivity index (χ0) is 21.3. The molecule has 0 fully saturated rings. The van der Waals surface area contributed by atoms with Crippen molar-refractivity contribution in [2.45, 2.75) is 13.0 Å². The summed E-state index contributed by atoms with van der Waals surface area (Å²) in [5.41, 5.74) is 2.64. The van der Waals surface area contributed by atoms with Crippen molar-refractivity contribution < 1.29 is 18.7 Å². The van der Waals surface area contributed by atoms with Crippen molar-refractivity contribution >= 4 is 62.6 Å². The first kappa shape index (κ1) is 20.3. The number of oxazole rings is 1. The van der Waals surface area contributed by atoms with Gasteiger partial charge in [-0.1, -0.05) is 23.2 Å². The van der Waals surface area contributed by atoms with E-state index >= 15 is 0 Å². The van der Waals surface area contributed by atoms with Gasteiger partial charge in [0.2, 0.25) is 0 Å². The predicted molar refractivity (Wildman–Crippen MR) is 115 cm³/mol. The Hall–Kier alpha value is -2.94. The molecule has 1 unspecified atom stereocenters. The van der Waals surface area contributed by atoms with E-state index < -0.39 is 18.0 Å². The first-order valence-corrected chi connectivity index (χ1v) is 10.3. The molecule has 0 aliphatic carbocycles. The van der Waals surface area contributed by atoms with E-state index in [1.54, 1.807) is 35.7 Å². The monoisotopic (exact) mass is 461 g/mol. The fourth-order valence-corrected chi connectivity index (χ4v) is 3.84. The largest absolute Gasteiger partial charge is 0.449 e. The molecule has 1 amide bonds. The van der Waals surface area contributed by atoms with E-state index in [0.717, 1.165) is 0 Å². The molecular formula is C20H13Cl2N3O4S. The van der Waals surface area contributed by atoms with Crippen LogP contribution in [-0.4, -0.2) is 27.9 Å². The number of nitrogens with zero attached hydrogens (tertiary/aromatic N) is 2. The molecule has 0 radical (unpaired) electrons. The van der Waals surface area contributed by atoms with Gasteiger partial charge < -0.3 is 9.15 Å². The third kappa shape index (κ3) is 4.30. The van der Waals surface area contributed by atoms with Crippen LogP contribution in [0, 0.1) is 0 Å². The number of anilines is 1. The van der Waals surface area contributed by atoms with Crippen LogP contribution in [0.15, 0.2) is 52.6 Å². The molecule has 1 N–H and O–H groups in total. The maximum atomic E-state index is 12.4. The molecule has 0 spiro atoms. The molecule has 0 bridgehead atoms. The fraction of sp³-hybridized carbons (Fsp3) is 0.100. The van der Waals surface area contributed by atoms with Gasteiger partial charge in [0.1, 0.15) is 5.52 Å². The summed E-state index contributed by atoms with van der Waals surface area (Å²) in [5.74, 6) is -1.15. The first-order chi connectivity index (χ1) is 14.4. The molecular weight excluding hydrogens is 449 g/mol. The number of carbonyl (C=O) groups is 2. The molecule has 2 aromatic carbocycles. The number of hydrogen-bond acceptors (Lipinski definition) is 7. The van der Waals surface area contributed by atoms with Gasteiger partial charge >= 0.3 is 5.97 Å². The zero-order valence-electron chi connectivity index (χ0n) is 15.4. The number of benzene rings is 2. The van der Waals surface area contributed by atoms with Crippen molar-refractivity contribution in [1.82, 2.24) is 9.97 Å². The zero-order valence-corrected chi connectivity index (χ0v) is 17.7. The summed E-state index contributed by atoms with van der Waals surface area (Å²) >= 11 is 13.3. The van der Waals surface area contributed by atoms with Gasteiger partial charge in [0.25, 0.3) is 5.91 Å². The van der Waals surface area contributed by atoms with Crippen LogP contribution >= 0.6 is 34.5 Å². The van der Waals surface area contributed by atoms with Crippen LogP contribution in [0.1, 0.15) is 17.3 Å². The van der Waals surface area contributed by atoms with Gasteiger partial charge in [-0.15, -0.1) is 11.3 Å². The quantitative estimate of drug-likeness (QED) is 0.397. The van der Waals surface area contributed by atoms with E-state index in [1.165, 1.54) is 30.7 Å². The average Bonchev–Trinajstić information content (AvgIpc) is 3.36. The normalized spacial score (nSPS) is 12.0. The Morgan fingerprint density at radius 1 is 1.20 bits per heavy atom. The summed E-state index contributed by atoms with van der Waals surface area (Å²) in [5, 5.41) is 5.73. The van der Waals surface area contributed by atoms with E-state index in [2.05, 4.69) is 15.3 Å². The molecule has 4 rings (SSSR count). The summed E-state index contributed by atoms with van der Waals surface area (Å²) in [4.78, 5) is 33.1. The minimum atomic E-state index is -1.03. The molecule has 2 heterocycles. The summed E-state index contributed by atoms with van der Waals surface area (Å²) in [6, 6.07) is 9.77. The van der Waals surface area contributed by atoms with E-state index in [-0.39, 0.29) is 5.56 Å². The van der Waals surface area contributed by atoms with Gasteiger partial charge in [0.15, 0.2) is 23.2 Å². The third-order valence-corrected chi connectivity index (χ3v) is 5.47. The number of hydrogen-bond donors (Lipinski definition) is 1. The molecule has 1 atom stereocenters. The topological polar surface area (TPSA) is 94.3 Å². The van der Waals surface area contributed by atoms with Crippen LogP contribution in [0.3, 0.4) is 0 Å². The highest BCUT2D eigenvalue weighted by Crippen LogP contribution is 2.32. The molecule has 0 saturated heterocycles. The highest BCUT2D eigenvalue weighted by Gasteiger charge is 2.21. The minimum Gasteiger partial charge on any atom is -0.449 e. The van der Waals surface area contributed by atoms with E-state index in [9.17, 15) is 9.59 Å². The third-order valence-electron chi connectivity index (χ3n) is 4.16. The Morgan fingerprint density at radius 2 is 2.03 bits per heavy atom. The van der Waals surface area contributed by atoms with Crippen LogP contribution in [0.2, 0.25) is 10.0 Å². The average molecular weight is 462 g/mol. The minimum absolute atomic E-state index is 0.268. The van der Waals surface area contributed by atoms with E-state index in [0.29, 0.717) is 37.5 Å². The molecule has 0 aliphatic heterocycles. The summed E-state index contributed by atoms with van der Waals surface area (Å²) < 4.78 is 10.4. The lowest BCUT2D eigenvalue weighted by Crippen LogP contribution is -2.29. The lowest BCUT2D eigenvalue weighted by molar-refractivity contribution is -0.123. The molecule has 7 nitrogen and oxygen atoms in total. The van der Waals surface area contributed by atoms with Gasteiger partial charge in [-0.25, -0.2) is 14.8 Å². The van der Waals surface area contributed by atoms with Gasteiger partial charge in [0, 0.05) is 16.0 Å². The van der Waals surface area contributed by atoms with Crippen LogP contribution in [-0.2, 0) is 9.53 Å². The second kappa shape index (κ2) is 8.43. The van der Waals surface area contributed by atoms with E-state index in [4.69, 9.17) is 32.4 Å². The molecule has 10 heteroatoms. The standard InChI is InChI=1S/C20H13Cl2N3O4S/c1-10(29-19(27)11-2-5-17-15(6-11)23-9-28-17)18(26)25-20-24-16(8-30-20)13-4-3-12(21)7-14(13)22/h2-10H,1H3,(H,24,25,26). The number of halogens is 2. The Labute approximate surface area is 184 Å². The smallest absolute Gasteiger partial charge is 0.338 e. The SMILES string of the molecule is CC(OC(=O)c1ccc2ocnc2c1)C(=O)Nc1nc(-c2ccc(Cl)cc2Cl)cs1. The lowest BCUT2D eigenvalue weighted by atomic mass is 10.2. The van der Waals surface area contributed by atoms with Crippen molar-refractivity contribution in [2.75, 3.05) is 5.32 Å². The van der Waals surface area contributed by atoms with E-state index in [1.807, 2.05) is 0 Å². The maximum Gasteiger partial charge on any atom is 0.338 e. The van der Waals surface area contributed by atoms with Gasteiger partial charge in [-0.2, -0.15) is 0 Å². The summed E-state index contributed by atoms with van der Waals surface area (Å²) in [7, 11) is 0. The van der Waals surface area contributed by atoms with Crippen LogP contribution in [0.25, 0.3) is 22.4 Å². The van der Waals surface area contributed by atoms with Crippen molar-refractivity contribution in [3.05, 3.63) is 63.8 Å². The Kier molecular flexibility index (Phi) is 5.72. The fourth-order valence-electron chi connectivity index (χ4n) is 2.63. The molecule has 30 heavy (non-hydrogen) atoms. The second-order valence-corrected chi connectivity index (χ2v) is 7.94. The second-order valence-electron chi connectivity index (χ2n) is 6.23.